The Morgan fingerprint density at radius 1 is 1.40 bits per heavy atom. The van der Waals surface area contributed by atoms with Gasteiger partial charge in [0.05, 0.1) is 6.54 Å². The van der Waals surface area contributed by atoms with E-state index in [1.807, 2.05) is 32.9 Å². The van der Waals surface area contributed by atoms with Crippen LogP contribution in [0.25, 0.3) is 0 Å². The molecule has 0 aliphatic carbocycles. The van der Waals surface area contributed by atoms with Crippen LogP contribution >= 0.6 is 0 Å². The van der Waals surface area contributed by atoms with E-state index in [1.54, 1.807) is 0 Å². The zero-order chi connectivity index (χ0) is 14.8. The molecule has 1 atom stereocenters. The van der Waals surface area contributed by atoms with Gasteiger partial charge in [0.2, 0.25) is 5.91 Å². The summed E-state index contributed by atoms with van der Waals surface area (Å²) in [5, 5.41) is 6.51. The first-order valence-electron chi connectivity index (χ1n) is 7.22. The number of carbonyl (C=O) groups is 1. The van der Waals surface area contributed by atoms with Crippen LogP contribution in [-0.2, 0) is 11.3 Å². The van der Waals surface area contributed by atoms with E-state index < -0.39 is 0 Å². The van der Waals surface area contributed by atoms with Gasteiger partial charge in [0, 0.05) is 30.4 Å². The summed E-state index contributed by atoms with van der Waals surface area (Å²) in [4.78, 5) is 14.4. The molecule has 1 heterocycles. The summed E-state index contributed by atoms with van der Waals surface area (Å²) in [7, 11) is 0. The summed E-state index contributed by atoms with van der Waals surface area (Å²) in [6, 6.07) is 8.66. The van der Waals surface area contributed by atoms with Crippen molar-refractivity contribution in [3.05, 3.63) is 29.8 Å². The summed E-state index contributed by atoms with van der Waals surface area (Å²) in [6.07, 6.45) is 0. The summed E-state index contributed by atoms with van der Waals surface area (Å²) in [5.41, 5.74) is 2.22. The largest absolute Gasteiger partial charge is 0.360 e. The second-order valence-electron chi connectivity index (χ2n) is 6.59. The van der Waals surface area contributed by atoms with Crippen molar-refractivity contribution in [3.8, 4) is 0 Å². The summed E-state index contributed by atoms with van der Waals surface area (Å²) < 4.78 is 0. The molecule has 0 aromatic heterocycles. The van der Waals surface area contributed by atoms with Crippen molar-refractivity contribution in [2.24, 2.45) is 0 Å². The Balaban J connectivity index is 2.15. The standard InChI is InChI=1S/C16H25N3O/c1-12-10-19(11-15(20)18-16(2,3)4)14-8-6-5-7-13(14)9-17-12/h5-8,12,17H,9-11H2,1-4H3,(H,18,20). The molecule has 4 heteroatoms. The smallest absolute Gasteiger partial charge is 0.239 e. The molecule has 0 spiro atoms. The molecule has 0 fully saturated rings. The summed E-state index contributed by atoms with van der Waals surface area (Å²) >= 11 is 0. The van der Waals surface area contributed by atoms with Gasteiger partial charge in [-0.3, -0.25) is 4.79 Å². The van der Waals surface area contributed by atoms with Crippen LogP contribution in [-0.4, -0.2) is 30.6 Å². The Bertz CT molecular complexity index is 479. The van der Waals surface area contributed by atoms with E-state index in [9.17, 15) is 4.79 Å². The zero-order valence-corrected chi connectivity index (χ0v) is 12.9. The maximum atomic E-state index is 12.2. The highest BCUT2D eigenvalue weighted by atomic mass is 16.2. The van der Waals surface area contributed by atoms with Gasteiger partial charge in [0.25, 0.3) is 0 Å². The topological polar surface area (TPSA) is 44.4 Å². The van der Waals surface area contributed by atoms with Crippen LogP contribution in [0.1, 0.15) is 33.3 Å². The van der Waals surface area contributed by atoms with Gasteiger partial charge < -0.3 is 15.5 Å². The van der Waals surface area contributed by atoms with Crippen LogP contribution in [0.15, 0.2) is 24.3 Å². The number of nitrogens with zero attached hydrogens (tertiary/aromatic N) is 1. The van der Waals surface area contributed by atoms with Crippen molar-refractivity contribution >= 4 is 11.6 Å². The van der Waals surface area contributed by atoms with E-state index in [1.165, 1.54) is 5.56 Å². The molecule has 1 aromatic carbocycles. The van der Waals surface area contributed by atoms with E-state index in [2.05, 4.69) is 34.6 Å². The molecule has 1 amide bonds. The van der Waals surface area contributed by atoms with Crippen LogP contribution in [0.2, 0.25) is 0 Å². The second-order valence-corrected chi connectivity index (χ2v) is 6.59. The number of benzene rings is 1. The normalized spacial score (nSPS) is 19.2. The summed E-state index contributed by atoms with van der Waals surface area (Å²) in [5.74, 6) is 0.0707. The first-order chi connectivity index (χ1) is 9.35. The highest BCUT2D eigenvalue weighted by Crippen LogP contribution is 2.23. The molecule has 0 saturated carbocycles. The third-order valence-corrected chi connectivity index (χ3v) is 3.32. The Morgan fingerprint density at radius 3 is 2.80 bits per heavy atom. The number of amides is 1. The molecule has 1 aliphatic heterocycles. The number of rotatable bonds is 2. The van der Waals surface area contributed by atoms with Crippen LogP contribution in [0.4, 0.5) is 5.69 Å². The molecular formula is C16H25N3O. The zero-order valence-electron chi connectivity index (χ0n) is 12.9. The fourth-order valence-corrected chi connectivity index (χ4v) is 2.53. The SMILES string of the molecule is CC1CN(CC(=O)NC(C)(C)C)c2ccccc2CN1. The average Bonchev–Trinajstić information content (AvgIpc) is 2.47. The Labute approximate surface area is 121 Å². The molecule has 0 bridgehead atoms. The molecule has 1 unspecified atom stereocenters. The molecular weight excluding hydrogens is 250 g/mol. The maximum Gasteiger partial charge on any atom is 0.239 e. The van der Waals surface area contributed by atoms with Crippen molar-refractivity contribution in [3.63, 3.8) is 0 Å². The molecule has 110 valence electrons. The Hall–Kier alpha value is -1.55. The number of hydrogen-bond acceptors (Lipinski definition) is 3. The van der Waals surface area contributed by atoms with E-state index in [0.717, 1.165) is 18.8 Å². The number of nitrogens with one attached hydrogen (secondary N) is 2. The third kappa shape index (κ3) is 3.97. The van der Waals surface area contributed by atoms with Gasteiger partial charge >= 0.3 is 0 Å². The van der Waals surface area contributed by atoms with Gasteiger partial charge in [-0.1, -0.05) is 18.2 Å². The fourth-order valence-electron chi connectivity index (χ4n) is 2.53. The van der Waals surface area contributed by atoms with Gasteiger partial charge in [-0.25, -0.2) is 0 Å². The van der Waals surface area contributed by atoms with Crippen molar-refractivity contribution in [2.45, 2.75) is 45.8 Å². The van der Waals surface area contributed by atoms with Gasteiger partial charge in [0.1, 0.15) is 0 Å². The highest BCUT2D eigenvalue weighted by Gasteiger charge is 2.22. The van der Waals surface area contributed by atoms with E-state index >= 15 is 0 Å². The highest BCUT2D eigenvalue weighted by molar-refractivity contribution is 5.82. The first-order valence-corrected chi connectivity index (χ1v) is 7.22. The number of para-hydroxylation sites is 1. The fraction of sp³-hybridized carbons (Fsp3) is 0.562. The molecule has 2 N–H and O–H groups in total. The van der Waals surface area contributed by atoms with E-state index in [0.29, 0.717) is 12.6 Å². The maximum absolute atomic E-state index is 12.2. The summed E-state index contributed by atoms with van der Waals surface area (Å²) in [6.45, 7) is 10.3. The lowest BCUT2D eigenvalue weighted by atomic mass is 10.1. The van der Waals surface area contributed by atoms with Crippen LogP contribution < -0.4 is 15.5 Å². The van der Waals surface area contributed by atoms with Crippen molar-refractivity contribution in [1.29, 1.82) is 0 Å². The van der Waals surface area contributed by atoms with Gasteiger partial charge in [-0.05, 0) is 39.3 Å². The van der Waals surface area contributed by atoms with Gasteiger partial charge in [-0.15, -0.1) is 0 Å². The van der Waals surface area contributed by atoms with Crippen molar-refractivity contribution in [2.75, 3.05) is 18.0 Å². The van der Waals surface area contributed by atoms with E-state index in [4.69, 9.17) is 0 Å². The second kappa shape index (κ2) is 5.83. The quantitative estimate of drug-likeness (QED) is 0.866. The molecule has 20 heavy (non-hydrogen) atoms. The lowest BCUT2D eigenvalue weighted by Gasteiger charge is -2.28. The number of fused-ring (bicyclic) bond motifs is 1. The van der Waals surface area contributed by atoms with Crippen LogP contribution in [0.5, 0.6) is 0 Å². The van der Waals surface area contributed by atoms with Crippen LogP contribution in [0, 0.1) is 0 Å². The predicted octanol–water partition coefficient (Wildman–Crippen LogP) is 1.90. The number of hydrogen-bond donors (Lipinski definition) is 2. The minimum atomic E-state index is -0.188. The minimum Gasteiger partial charge on any atom is -0.360 e. The number of carbonyl (C=O) groups excluding carboxylic acids is 1. The van der Waals surface area contributed by atoms with Crippen molar-refractivity contribution < 1.29 is 4.79 Å². The molecule has 0 radical (unpaired) electrons. The third-order valence-electron chi connectivity index (χ3n) is 3.32. The predicted molar refractivity (Wildman–Crippen MR) is 82.9 cm³/mol. The molecule has 1 aromatic rings. The molecule has 1 aliphatic rings. The lowest BCUT2D eigenvalue weighted by Crippen LogP contribution is -2.47. The van der Waals surface area contributed by atoms with Crippen molar-refractivity contribution in [1.82, 2.24) is 10.6 Å². The first kappa shape index (κ1) is 14.9. The number of anilines is 1. The Kier molecular flexibility index (Phi) is 4.33. The monoisotopic (exact) mass is 275 g/mol. The van der Waals surface area contributed by atoms with E-state index in [-0.39, 0.29) is 11.4 Å². The molecule has 0 saturated heterocycles. The molecule has 4 nitrogen and oxygen atoms in total. The minimum absolute atomic E-state index is 0.0707. The average molecular weight is 275 g/mol. The Morgan fingerprint density at radius 2 is 2.10 bits per heavy atom. The lowest BCUT2D eigenvalue weighted by molar-refractivity contribution is -0.121. The van der Waals surface area contributed by atoms with Crippen LogP contribution in [0.3, 0.4) is 0 Å². The van der Waals surface area contributed by atoms with Gasteiger partial charge in [-0.2, -0.15) is 0 Å². The van der Waals surface area contributed by atoms with Gasteiger partial charge in [0.15, 0.2) is 0 Å². The molecule has 2 rings (SSSR count).